The number of aliphatic hydroxyl groups is 1. The Morgan fingerprint density at radius 2 is 2.06 bits per heavy atom. The second-order valence-corrected chi connectivity index (χ2v) is 5.20. The van der Waals surface area contributed by atoms with Crippen LogP contribution in [0.4, 0.5) is 0 Å². The number of rotatable bonds is 2. The molecule has 1 heterocycles. The van der Waals surface area contributed by atoms with Crippen molar-refractivity contribution in [2.24, 2.45) is 0 Å². The average molecular weight is 230 g/mol. The van der Waals surface area contributed by atoms with Crippen LogP contribution in [-0.2, 0) is 12.0 Å². The molecule has 2 aromatic rings. The molecule has 0 amide bonds. The highest BCUT2D eigenvalue weighted by Crippen LogP contribution is 2.28. The third-order valence-corrected chi connectivity index (χ3v) is 2.84. The molecule has 0 radical (unpaired) electrons. The van der Waals surface area contributed by atoms with E-state index in [-0.39, 0.29) is 12.0 Å². The first-order valence-corrected chi connectivity index (χ1v) is 5.76. The van der Waals surface area contributed by atoms with Gasteiger partial charge in [-0.15, -0.1) is 0 Å². The summed E-state index contributed by atoms with van der Waals surface area (Å²) in [7, 11) is 0. The van der Waals surface area contributed by atoms with E-state index in [1.807, 2.05) is 29.1 Å². The summed E-state index contributed by atoms with van der Waals surface area (Å²) in [6.45, 7) is 6.52. The van der Waals surface area contributed by atoms with Crippen molar-refractivity contribution >= 4 is 0 Å². The van der Waals surface area contributed by atoms with Crippen molar-refractivity contribution in [2.45, 2.75) is 32.8 Å². The predicted octanol–water partition coefficient (Wildman–Crippen LogP) is 2.66. The van der Waals surface area contributed by atoms with Crippen molar-refractivity contribution in [3.05, 3.63) is 47.8 Å². The number of nitrogens with zero attached hydrogens (tertiary/aromatic N) is 2. The molecule has 3 heteroatoms. The van der Waals surface area contributed by atoms with Gasteiger partial charge in [-0.2, -0.15) is 5.10 Å². The highest BCUT2D eigenvalue weighted by molar-refractivity contribution is 5.43. The van der Waals surface area contributed by atoms with Gasteiger partial charge in [0.1, 0.15) is 0 Å². The molecule has 0 fully saturated rings. The molecule has 0 unspecified atom stereocenters. The summed E-state index contributed by atoms with van der Waals surface area (Å²) in [5.41, 5.74) is 3.18. The average Bonchev–Trinajstić information content (AvgIpc) is 2.80. The third kappa shape index (κ3) is 2.39. The van der Waals surface area contributed by atoms with Crippen molar-refractivity contribution in [2.75, 3.05) is 0 Å². The fourth-order valence-corrected chi connectivity index (χ4v) is 1.96. The molecule has 0 aliphatic heterocycles. The van der Waals surface area contributed by atoms with E-state index in [0.29, 0.717) is 0 Å². The Labute approximate surface area is 102 Å². The van der Waals surface area contributed by atoms with Crippen molar-refractivity contribution < 1.29 is 5.11 Å². The minimum Gasteiger partial charge on any atom is -0.392 e. The molecule has 1 aromatic heterocycles. The maximum atomic E-state index is 9.38. The normalized spacial score (nSPS) is 11.8. The summed E-state index contributed by atoms with van der Waals surface area (Å²) >= 11 is 0. The van der Waals surface area contributed by atoms with E-state index in [1.165, 1.54) is 0 Å². The van der Waals surface area contributed by atoms with Gasteiger partial charge in [-0.1, -0.05) is 26.8 Å². The fourth-order valence-electron chi connectivity index (χ4n) is 1.96. The molecule has 1 N–H and O–H groups in total. The Bertz CT molecular complexity index is 495. The lowest BCUT2D eigenvalue weighted by molar-refractivity contribution is 0.278. The van der Waals surface area contributed by atoms with Gasteiger partial charge in [-0.3, -0.25) is 0 Å². The Kier molecular flexibility index (Phi) is 3.03. The second-order valence-electron chi connectivity index (χ2n) is 5.20. The monoisotopic (exact) mass is 230 g/mol. The zero-order chi connectivity index (χ0) is 12.5. The molecule has 2 rings (SSSR count). The van der Waals surface area contributed by atoms with E-state index in [9.17, 15) is 5.11 Å². The van der Waals surface area contributed by atoms with Crippen LogP contribution in [0.25, 0.3) is 5.69 Å². The minimum atomic E-state index is 0.0151. The molecule has 1 aromatic carbocycles. The number of aliphatic hydroxyl groups excluding tert-OH is 1. The molecule has 17 heavy (non-hydrogen) atoms. The largest absolute Gasteiger partial charge is 0.392 e. The van der Waals surface area contributed by atoms with E-state index in [0.717, 1.165) is 16.8 Å². The van der Waals surface area contributed by atoms with Crippen LogP contribution in [0.2, 0.25) is 0 Å². The highest BCUT2D eigenvalue weighted by Gasteiger charge is 2.18. The lowest BCUT2D eigenvalue weighted by Crippen LogP contribution is -2.15. The number of benzene rings is 1. The van der Waals surface area contributed by atoms with Gasteiger partial charge in [-0.05, 0) is 34.7 Å². The topological polar surface area (TPSA) is 38.0 Å². The Morgan fingerprint density at radius 3 is 2.59 bits per heavy atom. The van der Waals surface area contributed by atoms with Crippen molar-refractivity contribution in [3.8, 4) is 5.69 Å². The van der Waals surface area contributed by atoms with Crippen LogP contribution in [0.15, 0.2) is 36.7 Å². The van der Waals surface area contributed by atoms with Crippen LogP contribution >= 0.6 is 0 Å². The van der Waals surface area contributed by atoms with Gasteiger partial charge in [0, 0.05) is 12.4 Å². The highest BCUT2D eigenvalue weighted by atomic mass is 16.3. The number of aromatic nitrogens is 2. The third-order valence-electron chi connectivity index (χ3n) is 2.84. The lowest BCUT2D eigenvalue weighted by Gasteiger charge is -2.23. The predicted molar refractivity (Wildman–Crippen MR) is 68.2 cm³/mol. The molecular weight excluding hydrogens is 212 g/mol. The molecule has 0 aliphatic rings. The molecule has 0 aliphatic carbocycles. The second kappa shape index (κ2) is 4.34. The van der Waals surface area contributed by atoms with E-state index in [4.69, 9.17) is 0 Å². The quantitative estimate of drug-likeness (QED) is 0.861. The van der Waals surface area contributed by atoms with Gasteiger partial charge in [0.2, 0.25) is 0 Å². The number of hydrogen-bond donors (Lipinski definition) is 1. The molecule has 0 saturated carbocycles. The van der Waals surface area contributed by atoms with Crippen molar-refractivity contribution in [1.29, 1.82) is 0 Å². The summed E-state index contributed by atoms with van der Waals surface area (Å²) in [4.78, 5) is 0. The van der Waals surface area contributed by atoms with Gasteiger partial charge < -0.3 is 5.11 Å². The van der Waals surface area contributed by atoms with Gasteiger partial charge in [-0.25, -0.2) is 4.68 Å². The summed E-state index contributed by atoms with van der Waals surface area (Å²) in [5, 5.41) is 13.6. The zero-order valence-corrected chi connectivity index (χ0v) is 10.5. The summed E-state index contributed by atoms with van der Waals surface area (Å²) in [6, 6.07) is 7.95. The maximum Gasteiger partial charge on any atom is 0.0684 e. The molecule has 0 saturated heterocycles. The van der Waals surface area contributed by atoms with Crippen LogP contribution < -0.4 is 0 Å². The first-order chi connectivity index (χ1) is 8.02. The molecule has 0 spiro atoms. The van der Waals surface area contributed by atoms with Crippen LogP contribution in [0.3, 0.4) is 0 Å². The van der Waals surface area contributed by atoms with E-state index >= 15 is 0 Å². The van der Waals surface area contributed by atoms with E-state index < -0.39 is 0 Å². The van der Waals surface area contributed by atoms with Crippen LogP contribution in [-0.4, -0.2) is 14.9 Å². The van der Waals surface area contributed by atoms with Crippen molar-refractivity contribution in [3.63, 3.8) is 0 Å². The van der Waals surface area contributed by atoms with E-state index in [1.54, 1.807) is 6.20 Å². The smallest absolute Gasteiger partial charge is 0.0684 e. The molecule has 0 bridgehead atoms. The summed E-state index contributed by atoms with van der Waals surface area (Å²) < 4.78 is 1.83. The fraction of sp³-hybridized carbons (Fsp3) is 0.357. The van der Waals surface area contributed by atoms with Gasteiger partial charge in [0.15, 0.2) is 0 Å². The first-order valence-electron chi connectivity index (χ1n) is 5.76. The minimum absolute atomic E-state index is 0.0151. The van der Waals surface area contributed by atoms with Crippen molar-refractivity contribution in [1.82, 2.24) is 9.78 Å². The standard InChI is InChI=1S/C14H18N2O/c1-14(2,3)13-9-12(6-5-11(13)10-17)16-8-4-7-15-16/h4-9,17H,10H2,1-3H3. The number of hydrogen-bond acceptors (Lipinski definition) is 2. The zero-order valence-electron chi connectivity index (χ0n) is 10.5. The molecular formula is C14H18N2O. The van der Waals surface area contributed by atoms with E-state index in [2.05, 4.69) is 31.9 Å². The maximum absolute atomic E-state index is 9.38. The van der Waals surface area contributed by atoms with Gasteiger partial charge >= 0.3 is 0 Å². The lowest BCUT2D eigenvalue weighted by atomic mass is 9.83. The summed E-state index contributed by atoms with van der Waals surface area (Å²) in [6.07, 6.45) is 3.68. The molecule has 3 nitrogen and oxygen atoms in total. The van der Waals surface area contributed by atoms with Crippen LogP contribution in [0, 0.1) is 0 Å². The van der Waals surface area contributed by atoms with Gasteiger partial charge in [0.25, 0.3) is 0 Å². The molecule has 0 atom stereocenters. The molecule has 90 valence electrons. The Balaban J connectivity index is 2.53. The first kappa shape index (κ1) is 11.9. The van der Waals surface area contributed by atoms with Gasteiger partial charge in [0.05, 0.1) is 12.3 Å². The SMILES string of the molecule is CC(C)(C)c1cc(-n2cccn2)ccc1CO. The summed E-state index contributed by atoms with van der Waals surface area (Å²) in [5.74, 6) is 0. The Morgan fingerprint density at radius 1 is 1.29 bits per heavy atom. The van der Waals surface area contributed by atoms with Crippen LogP contribution in [0.5, 0.6) is 0 Å². The van der Waals surface area contributed by atoms with Crippen LogP contribution in [0.1, 0.15) is 31.9 Å². The Hall–Kier alpha value is -1.61.